The number of para-hydroxylation sites is 1. The Morgan fingerprint density at radius 1 is 1.00 bits per heavy atom. The second kappa shape index (κ2) is 8.00. The molecule has 34 heavy (non-hydrogen) atoms. The fourth-order valence-corrected chi connectivity index (χ4v) is 6.15. The van der Waals surface area contributed by atoms with E-state index in [9.17, 15) is 0 Å². The summed E-state index contributed by atoms with van der Waals surface area (Å²) in [7, 11) is 0. The number of hydrogen-bond donors (Lipinski definition) is 0. The van der Waals surface area contributed by atoms with Crippen LogP contribution in [0.25, 0.3) is 55.5 Å². The van der Waals surface area contributed by atoms with Gasteiger partial charge < -0.3 is 4.42 Å². The Morgan fingerprint density at radius 3 is 2.68 bits per heavy atom. The molecule has 0 radical (unpaired) electrons. The Bertz CT molecular complexity index is 1850. The van der Waals surface area contributed by atoms with E-state index in [1.807, 2.05) is 12.1 Å². The van der Waals surface area contributed by atoms with Crippen LogP contribution in [0.1, 0.15) is 26.7 Å². The molecule has 1 nitrogen and oxygen atoms in total. The minimum Gasteiger partial charge on any atom is -0.455 e. The van der Waals surface area contributed by atoms with Crippen LogP contribution in [0.4, 0.5) is 0 Å². The molecule has 0 saturated carbocycles. The van der Waals surface area contributed by atoms with E-state index in [4.69, 9.17) is 4.42 Å². The molecule has 0 saturated heterocycles. The third-order valence-electron chi connectivity index (χ3n) is 6.94. The van der Waals surface area contributed by atoms with Gasteiger partial charge in [0.25, 0.3) is 0 Å². The van der Waals surface area contributed by atoms with Crippen LogP contribution >= 0.6 is 11.3 Å². The first-order valence-electron chi connectivity index (χ1n) is 11.7. The molecule has 3 aromatic carbocycles. The highest BCUT2D eigenvalue weighted by atomic mass is 32.1. The zero-order valence-corrected chi connectivity index (χ0v) is 20.4. The van der Waals surface area contributed by atoms with Crippen molar-refractivity contribution in [3.63, 3.8) is 0 Å². The molecule has 0 N–H and O–H groups in total. The number of benzene rings is 3. The van der Waals surface area contributed by atoms with E-state index in [0.717, 1.165) is 44.9 Å². The Hall–Kier alpha value is -3.62. The van der Waals surface area contributed by atoms with E-state index in [-0.39, 0.29) is 0 Å². The third kappa shape index (κ3) is 3.29. The van der Waals surface area contributed by atoms with Crippen molar-refractivity contribution < 1.29 is 4.42 Å². The summed E-state index contributed by atoms with van der Waals surface area (Å²) in [6.45, 7) is 13.1. The van der Waals surface area contributed by atoms with E-state index in [0.29, 0.717) is 0 Å². The fourth-order valence-electron chi connectivity index (χ4n) is 5.16. The van der Waals surface area contributed by atoms with Gasteiger partial charge in [-0.15, -0.1) is 11.3 Å². The molecule has 166 valence electrons. The van der Waals surface area contributed by atoms with Crippen molar-refractivity contribution in [2.45, 2.75) is 26.7 Å². The predicted octanol–water partition coefficient (Wildman–Crippen LogP) is 8.31. The van der Waals surface area contributed by atoms with E-state index >= 15 is 0 Å². The van der Waals surface area contributed by atoms with Crippen molar-refractivity contribution in [3.8, 4) is 0 Å². The van der Waals surface area contributed by atoms with Crippen LogP contribution in [0.3, 0.4) is 0 Å². The number of rotatable bonds is 3. The molecule has 2 heteroatoms. The lowest BCUT2D eigenvalue weighted by molar-refractivity contribution is 0.673. The standard InChI is InChI=1S/C32H26OS/c1-5-8-22-11-12-23(15-19(22)2)20(3)16-27-21(4)34-31-18-28-24(17-29(27)31)13-14-26-25-9-6-7-10-30(25)33-32(26)28/h5-10,13-18H,3-4,11-12H2,1-2H3/b8-5-,27-16+. The largest absolute Gasteiger partial charge is 0.455 e. The summed E-state index contributed by atoms with van der Waals surface area (Å²) in [5.74, 6) is 0. The minimum atomic E-state index is 0.933. The van der Waals surface area contributed by atoms with Gasteiger partial charge in [-0.1, -0.05) is 55.7 Å². The zero-order valence-electron chi connectivity index (χ0n) is 19.6. The van der Waals surface area contributed by atoms with Gasteiger partial charge in [-0.2, -0.15) is 0 Å². The van der Waals surface area contributed by atoms with Crippen molar-refractivity contribution in [2.75, 3.05) is 0 Å². The second-order valence-corrected chi connectivity index (χ2v) is 10.2. The molecule has 1 aliphatic carbocycles. The summed E-state index contributed by atoms with van der Waals surface area (Å²) < 4.78 is 8.59. The molecule has 0 fully saturated rings. The van der Waals surface area contributed by atoms with Crippen molar-refractivity contribution >= 4 is 66.8 Å². The molecule has 0 amide bonds. The highest BCUT2D eigenvalue weighted by Gasteiger charge is 2.13. The van der Waals surface area contributed by atoms with Gasteiger partial charge in [-0.25, -0.2) is 0 Å². The summed E-state index contributed by atoms with van der Waals surface area (Å²) >= 11 is 1.74. The third-order valence-corrected chi connectivity index (χ3v) is 7.97. The SMILES string of the molecule is C=C(/C=c1\c(=C)sc2cc3c(ccc4c5ccccc5oc34)cc12)C1=CC(C)=C(/C=C\C)CC1. The van der Waals surface area contributed by atoms with Crippen LogP contribution in [-0.4, -0.2) is 0 Å². The van der Waals surface area contributed by atoms with Crippen LogP contribution in [0, 0.1) is 0 Å². The number of furan rings is 1. The maximum atomic E-state index is 6.28. The van der Waals surface area contributed by atoms with Crippen molar-refractivity contribution in [1.82, 2.24) is 0 Å². The molecule has 6 rings (SSSR count). The van der Waals surface area contributed by atoms with E-state index in [2.05, 4.69) is 87.7 Å². The van der Waals surface area contributed by atoms with Crippen LogP contribution < -0.4 is 9.75 Å². The lowest BCUT2D eigenvalue weighted by atomic mass is 9.89. The highest BCUT2D eigenvalue weighted by Crippen LogP contribution is 2.36. The maximum Gasteiger partial charge on any atom is 0.143 e. The van der Waals surface area contributed by atoms with Gasteiger partial charge in [-0.3, -0.25) is 0 Å². The number of fused-ring (bicyclic) bond motifs is 6. The monoisotopic (exact) mass is 458 g/mol. The molecular weight excluding hydrogens is 432 g/mol. The van der Waals surface area contributed by atoms with Gasteiger partial charge in [0, 0.05) is 36.0 Å². The average molecular weight is 459 g/mol. The van der Waals surface area contributed by atoms with Gasteiger partial charge in [0.05, 0.1) is 0 Å². The normalized spacial score (nSPS) is 15.5. The van der Waals surface area contributed by atoms with Crippen molar-refractivity contribution in [1.29, 1.82) is 0 Å². The van der Waals surface area contributed by atoms with Crippen molar-refractivity contribution in [3.05, 3.63) is 105 Å². The number of hydrogen-bond acceptors (Lipinski definition) is 2. The Balaban J connectivity index is 1.52. The predicted molar refractivity (Wildman–Crippen MR) is 150 cm³/mol. The van der Waals surface area contributed by atoms with Crippen LogP contribution in [0.15, 0.2) is 100 Å². The van der Waals surface area contributed by atoms with Crippen LogP contribution in [-0.2, 0) is 0 Å². The molecule has 0 bridgehead atoms. The first kappa shape index (κ1) is 20.9. The quantitative estimate of drug-likeness (QED) is 0.265. The molecule has 0 spiro atoms. The van der Waals surface area contributed by atoms with Gasteiger partial charge in [0.2, 0.25) is 0 Å². The molecule has 1 aliphatic rings. The first-order chi connectivity index (χ1) is 16.5. The summed E-state index contributed by atoms with van der Waals surface area (Å²) in [6, 6.07) is 17.2. The minimum absolute atomic E-state index is 0.933. The van der Waals surface area contributed by atoms with Gasteiger partial charge >= 0.3 is 0 Å². The Kier molecular flexibility index (Phi) is 4.93. The second-order valence-electron chi connectivity index (χ2n) is 9.10. The summed E-state index contributed by atoms with van der Waals surface area (Å²) in [4.78, 5) is 0. The zero-order chi connectivity index (χ0) is 23.4. The van der Waals surface area contributed by atoms with Crippen LogP contribution in [0.5, 0.6) is 0 Å². The van der Waals surface area contributed by atoms with E-state index in [1.165, 1.54) is 42.8 Å². The molecule has 5 aromatic rings. The van der Waals surface area contributed by atoms with Gasteiger partial charge in [-0.05, 0) is 84.7 Å². The van der Waals surface area contributed by atoms with E-state index in [1.54, 1.807) is 11.3 Å². The summed E-state index contributed by atoms with van der Waals surface area (Å²) in [5.41, 5.74) is 7.04. The smallest absolute Gasteiger partial charge is 0.143 e. The summed E-state index contributed by atoms with van der Waals surface area (Å²) in [6.07, 6.45) is 11.0. The summed E-state index contributed by atoms with van der Waals surface area (Å²) in [5, 5.41) is 7.08. The Labute approximate surface area is 203 Å². The number of thiophene rings is 1. The molecule has 0 aliphatic heterocycles. The Morgan fingerprint density at radius 2 is 1.85 bits per heavy atom. The average Bonchev–Trinajstić information content (AvgIpc) is 3.36. The van der Waals surface area contributed by atoms with Gasteiger partial charge in [0.15, 0.2) is 0 Å². The lowest BCUT2D eigenvalue weighted by Crippen LogP contribution is -2.17. The molecular formula is C32H26OS. The fraction of sp³-hybridized carbons (Fsp3) is 0.125. The number of allylic oxidation sites excluding steroid dienone is 7. The highest BCUT2D eigenvalue weighted by molar-refractivity contribution is 7.17. The maximum absolute atomic E-state index is 6.28. The molecule has 0 atom stereocenters. The molecule has 2 heterocycles. The van der Waals surface area contributed by atoms with E-state index < -0.39 is 0 Å². The molecule has 2 aromatic heterocycles. The lowest BCUT2D eigenvalue weighted by Gasteiger charge is -2.16. The van der Waals surface area contributed by atoms with Gasteiger partial charge in [0.1, 0.15) is 11.2 Å². The molecule has 0 unspecified atom stereocenters. The topological polar surface area (TPSA) is 13.1 Å². The van der Waals surface area contributed by atoms with Crippen molar-refractivity contribution in [2.24, 2.45) is 0 Å². The first-order valence-corrected chi connectivity index (χ1v) is 12.5. The van der Waals surface area contributed by atoms with Crippen LogP contribution in [0.2, 0.25) is 0 Å².